The minimum Gasteiger partial charge on any atom is -0.341 e. The summed E-state index contributed by atoms with van der Waals surface area (Å²) in [5.74, 6) is 1.22. The molecule has 0 fully saturated rings. The van der Waals surface area contributed by atoms with Crippen LogP contribution in [0.3, 0.4) is 0 Å². The number of anilines is 3. The van der Waals surface area contributed by atoms with Gasteiger partial charge in [-0.2, -0.15) is 5.10 Å². The molecule has 0 bridgehead atoms. The number of carbonyl (C=O) groups excluding carboxylic acids is 2. The molecule has 5 rings (SSSR count). The molecule has 0 aliphatic carbocycles. The topological polar surface area (TPSA) is 70.5 Å². The van der Waals surface area contributed by atoms with E-state index in [1.165, 1.54) is 11.3 Å². The van der Waals surface area contributed by atoms with E-state index in [1.54, 1.807) is 16.3 Å². The minimum atomic E-state index is -0.260. The van der Waals surface area contributed by atoms with Crippen LogP contribution < -0.4 is 10.2 Å². The fourth-order valence-electron chi connectivity index (χ4n) is 3.81. The second-order valence-corrected chi connectivity index (χ2v) is 8.46. The van der Waals surface area contributed by atoms with Crippen LogP contribution in [0.4, 0.5) is 17.3 Å². The maximum atomic E-state index is 12.4. The number of nitrogens with zero attached hydrogens (tertiary/aromatic N) is 4. The van der Waals surface area contributed by atoms with Crippen molar-refractivity contribution in [2.24, 2.45) is 0 Å². The van der Waals surface area contributed by atoms with Crippen molar-refractivity contribution in [2.45, 2.75) is 13.0 Å². The van der Waals surface area contributed by atoms with Gasteiger partial charge in [0.2, 0.25) is 0 Å². The van der Waals surface area contributed by atoms with Gasteiger partial charge in [-0.15, -0.1) is 11.3 Å². The fourth-order valence-corrected chi connectivity index (χ4v) is 4.84. The number of thiophene rings is 1. The van der Waals surface area contributed by atoms with Crippen LogP contribution in [0.15, 0.2) is 35.7 Å². The quantitative estimate of drug-likeness (QED) is 0.692. The molecule has 2 aromatic heterocycles. The van der Waals surface area contributed by atoms with Crippen molar-refractivity contribution in [3.05, 3.63) is 56.7 Å². The SMILES string of the molecule is CN1CCc2cc(N3CCn4nc(NC(=O)c5sccc5Cl)cc43)ccc2C1=O. The predicted molar refractivity (Wildman–Crippen MR) is 114 cm³/mol. The number of hydrogen-bond donors (Lipinski definition) is 1. The van der Waals surface area contributed by atoms with Crippen LogP contribution in [-0.2, 0) is 13.0 Å². The number of amides is 2. The van der Waals surface area contributed by atoms with Crippen LogP contribution in [0.5, 0.6) is 0 Å². The number of rotatable bonds is 3. The standard InChI is InChI=1S/C20H18ClN5O2S/c1-24-6-4-12-10-13(2-3-14(12)20(24)28)25-7-8-26-17(25)11-16(23-26)22-19(27)18-15(21)5-9-29-18/h2-3,5,9-11H,4,6-8H2,1H3,(H,22,23,27). The Hall–Kier alpha value is -2.84. The molecule has 0 atom stereocenters. The van der Waals surface area contributed by atoms with E-state index in [0.717, 1.165) is 48.7 Å². The molecular weight excluding hydrogens is 410 g/mol. The average Bonchev–Trinajstić information content (AvgIpc) is 3.40. The van der Waals surface area contributed by atoms with Gasteiger partial charge in [0.15, 0.2) is 5.82 Å². The van der Waals surface area contributed by atoms with E-state index in [4.69, 9.17) is 11.6 Å². The van der Waals surface area contributed by atoms with Crippen molar-refractivity contribution in [1.29, 1.82) is 0 Å². The van der Waals surface area contributed by atoms with Gasteiger partial charge in [-0.3, -0.25) is 9.59 Å². The van der Waals surface area contributed by atoms with Crippen molar-refractivity contribution in [3.63, 3.8) is 0 Å². The Balaban J connectivity index is 1.40. The first-order chi connectivity index (χ1) is 14.0. The first-order valence-electron chi connectivity index (χ1n) is 9.29. The number of benzene rings is 1. The molecule has 2 aliphatic rings. The summed E-state index contributed by atoms with van der Waals surface area (Å²) >= 11 is 7.34. The van der Waals surface area contributed by atoms with Gasteiger partial charge in [-0.1, -0.05) is 11.6 Å². The number of nitrogens with one attached hydrogen (secondary N) is 1. The lowest BCUT2D eigenvalue weighted by atomic mass is 9.98. The summed E-state index contributed by atoms with van der Waals surface area (Å²) in [5.41, 5.74) is 2.87. The Morgan fingerprint density at radius 3 is 2.86 bits per heavy atom. The first kappa shape index (κ1) is 18.2. The molecule has 3 aromatic rings. The summed E-state index contributed by atoms with van der Waals surface area (Å²) in [4.78, 5) is 29.1. The minimum absolute atomic E-state index is 0.0708. The lowest BCUT2D eigenvalue weighted by Crippen LogP contribution is -2.34. The smallest absolute Gasteiger partial charge is 0.268 e. The monoisotopic (exact) mass is 427 g/mol. The molecule has 0 spiro atoms. The number of halogens is 1. The van der Waals surface area contributed by atoms with Crippen molar-refractivity contribution in [2.75, 3.05) is 30.4 Å². The maximum absolute atomic E-state index is 12.4. The molecule has 2 amide bonds. The highest BCUT2D eigenvalue weighted by molar-refractivity contribution is 7.12. The molecule has 0 saturated heterocycles. The van der Waals surface area contributed by atoms with Crippen LogP contribution >= 0.6 is 22.9 Å². The molecule has 148 valence electrons. The van der Waals surface area contributed by atoms with Gasteiger partial charge in [0.05, 0.1) is 11.6 Å². The van der Waals surface area contributed by atoms with Crippen molar-refractivity contribution < 1.29 is 9.59 Å². The van der Waals surface area contributed by atoms with Crippen LogP contribution in [0.1, 0.15) is 25.6 Å². The number of fused-ring (bicyclic) bond motifs is 2. The number of hydrogen-bond acceptors (Lipinski definition) is 5. The second kappa shape index (κ2) is 6.89. The van der Waals surface area contributed by atoms with Gasteiger partial charge in [0, 0.05) is 37.5 Å². The summed E-state index contributed by atoms with van der Waals surface area (Å²) in [5, 5.41) is 9.55. The van der Waals surface area contributed by atoms with E-state index in [1.807, 2.05) is 29.9 Å². The Kier molecular flexibility index (Phi) is 4.33. The molecule has 0 radical (unpaired) electrons. The third-order valence-electron chi connectivity index (χ3n) is 5.33. The van der Waals surface area contributed by atoms with Gasteiger partial charge in [-0.05, 0) is 41.6 Å². The van der Waals surface area contributed by atoms with Gasteiger partial charge < -0.3 is 15.1 Å². The van der Waals surface area contributed by atoms with Gasteiger partial charge in [0.1, 0.15) is 10.7 Å². The highest BCUT2D eigenvalue weighted by atomic mass is 35.5. The molecule has 29 heavy (non-hydrogen) atoms. The van der Waals surface area contributed by atoms with Crippen molar-refractivity contribution in [3.8, 4) is 0 Å². The van der Waals surface area contributed by atoms with E-state index in [2.05, 4.69) is 21.4 Å². The zero-order valence-corrected chi connectivity index (χ0v) is 17.3. The summed E-state index contributed by atoms with van der Waals surface area (Å²) in [6, 6.07) is 9.54. The predicted octanol–water partition coefficient (Wildman–Crippen LogP) is 3.63. The molecule has 9 heteroatoms. The Morgan fingerprint density at radius 1 is 1.21 bits per heavy atom. The van der Waals surface area contributed by atoms with E-state index < -0.39 is 0 Å². The molecule has 4 heterocycles. The Morgan fingerprint density at radius 2 is 2.07 bits per heavy atom. The third-order valence-corrected chi connectivity index (χ3v) is 6.67. The largest absolute Gasteiger partial charge is 0.341 e. The number of aromatic nitrogens is 2. The molecule has 0 unspecified atom stereocenters. The highest BCUT2D eigenvalue weighted by Crippen LogP contribution is 2.34. The zero-order valence-electron chi connectivity index (χ0n) is 15.7. The summed E-state index contributed by atoms with van der Waals surface area (Å²) < 4.78 is 1.88. The molecule has 0 saturated carbocycles. The lowest BCUT2D eigenvalue weighted by molar-refractivity contribution is 0.0780. The van der Waals surface area contributed by atoms with Crippen LogP contribution in [0, 0.1) is 0 Å². The third kappa shape index (κ3) is 3.08. The number of carbonyl (C=O) groups is 2. The molecular formula is C20H18ClN5O2S. The summed E-state index contributed by atoms with van der Waals surface area (Å²) in [6.07, 6.45) is 0.849. The van der Waals surface area contributed by atoms with E-state index >= 15 is 0 Å². The van der Waals surface area contributed by atoms with E-state index in [-0.39, 0.29) is 11.8 Å². The molecule has 1 N–H and O–H groups in total. The van der Waals surface area contributed by atoms with Gasteiger partial charge in [-0.25, -0.2) is 4.68 Å². The summed E-state index contributed by atoms with van der Waals surface area (Å²) in [6.45, 7) is 2.25. The molecule has 1 aromatic carbocycles. The van der Waals surface area contributed by atoms with Crippen LogP contribution in [-0.4, -0.2) is 46.6 Å². The van der Waals surface area contributed by atoms with Gasteiger partial charge >= 0.3 is 0 Å². The van der Waals surface area contributed by atoms with Gasteiger partial charge in [0.25, 0.3) is 11.8 Å². The van der Waals surface area contributed by atoms with Crippen LogP contribution in [0.2, 0.25) is 5.02 Å². The zero-order chi connectivity index (χ0) is 20.1. The average molecular weight is 428 g/mol. The van der Waals surface area contributed by atoms with E-state index in [9.17, 15) is 9.59 Å². The molecule has 7 nitrogen and oxygen atoms in total. The normalized spacial score (nSPS) is 15.4. The first-order valence-corrected chi connectivity index (χ1v) is 10.5. The fraction of sp³-hybridized carbons (Fsp3) is 0.250. The van der Waals surface area contributed by atoms with E-state index in [0.29, 0.717) is 15.7 Å². The lowest BCUT2D eigenvalue weighted by Gasteiger charge is -2.26. The van der Waals surface area contributed by atoms with Crippen molar-refractivity contribution >= 4 is 52.1 Å². The molecule has 2 aliphatic heterocycles. The summed E-state index contributed by atoms with van der Waals surface area (Å²) in [7, 11) is 1.83. The number of likely N-dealkylation sites (N-methyl/N-ethyl adjacent to an activating group) is 1. The Bertz CT molecular complexity index is 1140. The highest BCUT2D eigenvalue weighted by Gasteiger charge is 2.27. The van der Waals surface area contributed by atoms with Crippen molar-refractivity contribution in [1.82, 2.24) is 14.7 Å². The maximum Gasteiger partial charge on any atom is 0.268 e. The Labute approximate surface area is 176 Å². The second-order valence-electron chi connectivity index (χ2n) is 7.13. The van der Waals surface area contributed by atoms with Crippen LogP contribution in [0.25, 0.3) is 0 Å².